The van der Waals surface area contributed by atoms with E-state index >= 15 is 0 Å². The molecule has 1 aromatic rings. The molecule has 2 nitrogen and oxygen atoms in total. The van der Waals surface area contributed by atoms with E-state index in [0.717, 1.165) is 24.8 Å². The average Bonchev–Trinajstić information content (AvgIpc) is 2.47. The van der Waals surface area contributed by atoms with Crippen molar-refractivity contribution in [1.29, 1.82) is 0 Å². The van der Waals surface area contributed by atoms with Crippen LogP contribution in [0.3, 0.4) is 0 Å². The standard InChI is InChI=1S/C8H11NOS/c1-2-3-4-7-5-6-11-8(7)9-10/h5-6H,2-4H2,1H3. The summed E-state index contributed by atoms with van der Waals surface area (Å²) >= 11 is 1.42. The van der Waals surface area contributed by atoms with E-state index in [0.29, 0.717) is 5.00 Å². The highest BCUT2D eigenvalue weighted by molar-refractivity contribution is 7.14. The first-order chi connectivity index (χ1) is 5.38. The molecule has 0 N–H and O–H groups in total. The number of hydrogen-bond donors (Lipinski definition) is 0. The quantitative estimate of drug-likeness (QED) is 0.634. The van der Waals surface area contributed by atoms with Gasteiger partial charge in [-0.25, -0.2) is 0 Å². The van der Waals surface area contributed by atoms with Gasteiger partial charge in [0.25, 0.3) is 0 Å². The summed E-state index contributed by atoms with van der Waals surface area (Å²) in [6.45, 7) is 2.14. The number of thiophene rings is 1. The molecule has 0 unspecified atom stereocenters. The molecule has 0 bridgehead atoms. The van der Waals surface area contributed by atoms with Crippen LogP contribution in [-0.2, 0) is 6.42 Å². The fourth-order valence-electron chi connectivity index (χ4n) is 0.965. The van der Waals surface area contributed by atoms with Gasteiger partial charge in [0.1, 0.15) is 0 Å². The smallest absolute Gasteiger partial charge is 0.144 e. The maximum atomic E-state index is 10.2. The fraction of sp³-hybridized carbons (Fsp3) is 0.500. The summed E-state index contributed by atoms with van der Waals surface area (Å²) in [4.78, 5) is 10.2. The lowest BCUT2D eigenvalue weighted by Gasteiger charge is -1.93. The van der Waals surface area contributed by atoms with E-state index in [9.17, 15) is 4.91 Å². The molecule has 0 radical (unpaired) electrons. The Morgan fingerprint density at radius 1 is 1.64 bits per heavy atom. The minimum absolute atomic E-state index is 0.651. The van der Waals surface area contributed by atoms with Crippen LogP contribution in [0.25, 0.3) is 0 Å². The normalized spacial score (nSPS) is 9.91. The molecule has 0 amide bonds. The summed E-state index contributed by atoms with van der Waals surface area (Å²) in [6.07, 6.45) is 3.29. The van der Waals surface area contributed by atoms with Crippen molar-refractivity contribution in [2.45, 2.75) is 26.2 Å². The van der Waals surface area contributed by atoms with E-state index in [4.69, 9.17) is 0 Å². The Balaban J connectivity index is 2.61. The number of aryl methyl sites for hydroxylation is 1. The molecule has 0 saturated heterocycles. The molecular formula is C8H11NOS. The Morgan fingerprint density at radius 2 is 2.45 bits per heavy atom. The highest BCUT2D eigenvalue weighted by atomic mass is 32.1. The molecule has 1 rings (SSSR count). The maximum absolute atomic E-state index is 10.2. The predicted octanol–water partition coefficient (Wildman–Crippen LogP) is 3.49. The second-order valence-electron chi connectivity index (χ2n) is 2.45. The lowest BCUT2D eigenvalue weighted by molar-refractivity contribution is 0.797. The number of unbranched alkanes of at least 4 members (excludes halogenated alkanes) is 1. The highest BCUT2D eigenvalue weighted by Crippen LogP contribution is 2.27. The lowest BCUT2D eigenvalue weighted by Crippen LogP contribution is -1.79. The van der Waals surface area contributed by atoms with Crippen molar-refractivity contribution in [3.63, 3.8) is 0 Å². The Bertz CT molecular complexity index is 232. The largest absolute Gasteiger partial charge is 0.163 e. The molecule has 11 heavy (non-hydrogen) atoms. The Morgan fingerprint density at radius 3 is 3.09 bits per heavy atom. The van der Waals surface area contributed by atoms with Gasteiger partial charge in [-0.2, -0.15) is 0 Å². The summed E-state index contributed by atoms with van der Waals surface area (Å²) in [5, 5.41) is 5.52. The summed E-state index contributed by atoms with van der Waals surface area (Å²) < 4.78 is 0. The molecule has 60 valence electrons. The van der Waals surface area contributed by atoms with Gasteiger partial charge in [0.15, 0.2) is 5.00 Å². The van der Waals surface area contributed by atoms with Crippen molar-refractivity contribution in [2.75, 3.05) is 0 Å². The van der Waals surface area contributed by atoms with Gasteiger partial charge in [-0.05, 0) is 35.0 Å². The van der Waals surface area contributed by atoms with E-state index in [2.05, 4.69) is 12.1 Å². The van der Waals surface area contributed by atoms with Crippen LogP contribution in [0, 0.1) is 4.91 Å². The molecule has 0 aromatic carbocycles. The van der Waals surface area contributed by atoms with E-state index in [1.807, 2.05) is 11.4 Å². The Hall–Kier alpha value is -0.700. The van der Waals surface area contributed by atoms with Crippen molar-refractivity contribution < 1.29 is 0 Å². The molecule has 0 aliphatic heterocycles. The molecule has 0 fully saturated rings. The SMILES string of the molecule is CCCCc1ccsc1N=O. The van der Waals surface area contributed by atoms with Gasteiger partial charge in [-0.3, -0.25) is 0 Å². The summed E-state index contributed by atoms with van der Waals surface area (Å²) in [6, 6.07) is 1.98. The number of nitrogens with zero attached hydrogens (tertiary/aromatic N) is 1. The topological polar surface area (TPSA) is 29.4 Å². The molecule has 3 heteroatoms. The lowest BCUT2D eigenvalue weighted by atomic mass is 10.1. The van der Waals surface area contributed by atoms with Crippen LogP contribution in [0.5, 0.6) is 0 Å². The van der Waals surface area contributed by atoms with Crippen LogP contribution in [0.15, 0.2) is 16.6 Å². The minimum atomic E-state index is 0.651. The zero-order chi connectivity index (χ0) is 8.10. The van der Waals surface area contributed by atoms with E-state index in [1.54, 1.807) is 0 Å². The Kier molecular flexibility index (Phi) is 3.23. The van der Waals surface area contributed by atoms with Crippen LogP contribution >= 0.6 is 11.3 Å². The number of nitroso groups, excluding NO2 is 1. The average molecular weight is 169 g/mol. The predicted molar refractivity (Wildman–Crippen MR) is 48.4 cm³/mol. The third kappa shape index (κ3) is 2.12. The first-order valence-corrected chi connectivity index (χ1v) is 4.66. The molecule has 0 atom stereocenters. The minimum Gasteiger partial charge on any atom is -0.144 e. The molecule has 1 heterocycles. The first kappa shape index (κ1) is 8.40. The molecule has 0 spiro atoms. The molecule has 0 saturated carbocycles. The third-order valence-corrected chi connectivity index (χ3v) is 2.44. The van der Waals surface area contributed by atoms with Gasteiger partial charge in [0.2, 0.25) is 0 Å². The Labute approximate surface area is 70.2 Å². The van der Waals surface area contributed by atoms with Crippen molar-refractivity contribution in [1.82, 2.24) is 0 Å². The van der Waals surface area contributed by atoms with Gasteiger partial charge in [0.05, 0.1) is 0 Å². The summed E-state index contributed by atoms with van der Waals surface area (Å²) in [7, 11) is 0. The van der Waals surface area contributed by atoms with Crippen molar-refractivity contribution >= 4 is 16.3 Å². The van der Waals surface area contributed by atoms with E-state index < -0.39 is 0 Å². The van der Waals surface area contributed by atoms with Crippen LogP contribution in [0.2, 0.25) is 0 Å². The van der Waals surface area contributed by atoms with Crippen LogP contribution < -0.4 is 0 Å². The second kappa shape index (κ2) is 4.23. The molecular weight excluding hydrogens is 158 g/mol. The summed E-state index contributed by atoms with van der Waals surface area (Å²) in [5.41, 5.74) is 1.10. The fourth-order valence-corrected chi connectivity index (χ4v) is 1.69. The second-order valence-corrected chi connectivity index (χ2v) is 3.34. The van der Waals surface area contributed by atoms with Gasteiger partial charge in [-0.1, -0.05) is 13.3 Å². The zero-order valence-electron chi connectivity index (χ0n) is 6.54. The van der Waals surface area contributed by atoms with Gasteiger partial charge in [-0.15, -0.1) is 16.2 Å². The summed E-state index contributed by atoms with van der Waals surface area (Å²) in [5.74, 6) is 0. The van der Waals surface area contributed by atoms with Gasteiger partial charge >= 0.3 is 0 Å². The van der Waals surface area contributed by atoms with Gasteiger partial charge in [0, 0.05) is 0 Å². The highest BCUT2D eigenvalue weighted by Gasteiger charge is 2.02. The molecule has 0 aliphatic rings. The monoisotopic (exact) mass is 169 g/mol. The first-order valence-electron chi connectivity index (χ1n) is 3.78. The molecule has 1 aromatic heterocycles. The number of hydrogen-bond acceptors (Lipinski definition) is 3. The third-order valence-electron chi connectivity index (χ3n) is 1.61. The van der Waals surface area contributed by atoms with Crippen molar-refractivity contribution in [3.05, 3.63) is 21.9 Å². The maximum Gasteiger partial charge on any atom is 0.163 e. The zero-order valence-corrected chi connectivity index (χ0v) is 7.36. The molecule has 0 aliphatic carbocycles. The number of rotatable bonds is 4. The van der Waals surface area contributed by atoms with Crippen LogP contribution in [0.1, 0.15) is 25.3 Å². The van der Waals surface area contributed by atoms with E-state index in [1.165, 1.54) is 11.3 Å². The van der Waals surface area contributed by atoms with Crippen LogP contribution in [-0.4, -0.2) is 0 Å². The van der Waals surface area contributed by atoms with Crippen LogP contribution in [0.4, 0.5) is 5.00 Å². The van der Waals surface area contributed by atoms with Gasteiger partial charge < -0.3 is 0 Å². The van der Waals surface area contributed by atoms with Crippen molar-refractivity contribution in [3.8, 4) is 0 Å². The van der Waals surface area contributed by atoms with E-state index in [-0.39, 0.29) is 0 Å². The van der Waals surface area contributed by atoms with Crippen molar-refractivity contribution in [2.24, 2.45) is 5.18 Å².